The molecule has 2 heteroatoms. The number of likely N-dealkylation sites (tertiary alicyclic amines) is 1. The Morgan fingerprint density at radius 2 is 1.75 bits per heavy atom. The lowest BCUT2D eigenvalue weighted by Gasteiger charge is -2.39. The van der Waals surface area contributed by atoms with E-state index in [4.69, 9.17) is 0 Å². The first-order valence-electron chi connectivity index (χ1n) is 6.59. The molecular formula is C14H27NO. The lowest BCUT2D eigenvalue weighted by Crippen LogP contribution is -2.36. The van der Waals surface area contributed by atoms with Gasteiger partial charge in [-0.05, 0) is 30.1 Å². The van der Waals surface area contributed by atoms with Gasteiger partial charge >= 0.3 is 0 Å². The fraction of sp³-hybridized carbons (Fsp3) is 0.929. The van der Waals surface area contributed by atoms with Crippen molar-refractivity contribution < 1.29 is 4.79 Å². The summed E-state index contributed by atoms with van der Waals surface area (Å²) in [6, 6.07) is 0.515. The standard InChI is InChI=1S/C12H21NO.C2H6/c1-9(14)13-8-12(4)6-10(13)5-11(2,3)7-12;1-2/h10H,5-8H2,1-4H3;1-2H3/t10-,12-;/m1./s1. The second kappa shape index (κ2) is 4.38. The lowest BCUT2D eigenvalue weighted by molar-refractivity contribution is -0.129. The Hall–Kier alpha value is -0.530. The minimum atomic E-state index is 0.261. The molecule has 0 radical (unpaired) electrons. The summed E-state index contributed by atoms with van der Waals surface area (Å²) in [6.45, 7) is 13.7. The number of hydrogen-bond donors (Lipinski definition) is 0. The van der Waals surface area contributed by atoms with Crippen LogP contribution in [0.25, 0.3) is 0 Å². The molecule has 2 nitrogen and oxygen atoms in total. The van der Waals surface area contributed by atoms with Crippen molar-refractivity contribution in [3.63, 3.8) is 0 Å². The molecule has 1 aliphatic heterocycles. The highest BCUT2D eigenvalue weighted by Gasteiger charge is 2.50. The molecule has 2 aliphatic rings. The van der Waals surface area contributed by atoms with Gasteiger partial charge in [0.05, 0.1) is 0 Å². The highest BCUT2D eigenvalue weighted by Crippen LogP contribution is 2.52. The molecule has 1 amide bonds. The molecule has 1 saturated heterocycles. The molecule has 0 aromatic heterocycles. The van der Waals surface area contributed by atoms with Gasteiger partial charge in [-0.25, -0.2) is 0 Å². The first-order chi connectivity index (χ1) is 7.31. The summed E-state index contributed by atoms with van der Waals surface area (Å²) in [4.78, 5) is 13.6. The summed E-state index contributed by atoms with van der Waals surface area (Å²) in [6.07, 6.45) is 3.67. The monoisotopic (exact) mass is 225 g/mol. The smallest absolute Gasteiger partial charge is 0.219 e. The SMILES string of the molecule is CC.CC(=O)N1C[C@]2(C)C[C@H]1CC(C)(C)C2. The maximum atomic E-state index is 11.5. The summed E-state index contributed by atoms with van der Waals surface area (Å²) in [5.74, 6) is 0.261. The van der Waals surface area contributed by atoms with Gasteiger partial charge in [0.1, 0.15) is 0 Å². The van der Waals surface area contributed by atoms with E-state index in [1.807, 2.05) is 13.8 Å². The maximum Gasteiger partial charge on any atom is 0.219 e. The van der Waals surface area contributed by atoms with Gasteiger partial charge < -0.3 is 4.90 Å². The average molecular weight is 225 g/mol. The molecule has 2 bridgehead atoms. The Morgan fingerprint density at radius 1 is 1.19 bits per heavy atom. The van der Waals surface area contributed by atoms with E-state index in [1.165, 1.54) is 19.3 Å². The van der Waals surface area contributed by atoms with E-state index in [2.05, 4.69) is 25.7 Å². The Balaban J connectivity index is 0.000000606. The van der Waals surface area contributed by atoms with Gasteiger partial charge in [0.2, 0.25) is 5.91 Å². The Bertz CT molecular complexity index is 272. The van der Waals surface area contributed by atoms with E-state index in [0.29, 0.717) is 16.9 Å². The summed E-state index contributed by atoms with van der Waals surface area (Å²) in [5, 5.41) is 0. The van der Waals surface area contributed by atoms with E-state index >= 15 is 0 Å². The Kier molecular flexibility index (Phi) is 3.71. The number of carbonyl (C=O) groups is 1. The molecule has 2 rings (SSSR count). The molecule has 1 heterocycles. The third-order valence-corrected chi connectivity index (χ3v) is 3.82. The molecular weight excluding hydrogens is 198 g/mol. The highest BCUT2D eigenvalue weighted by molar-refractivity contribution is 5.74. The van der Waals surface area contributed by atoms with Crippen molar-refractivity contribution in [2.75, 3.05) is 6.54 Å². The van der Waals surface area contributed by atoms with Crippen molar-refractivity contribution in [1.82, 2.24) is 4.90 Å². The van der Waals surface area contributed by atoms with Crippen molar-refractivity contribution in [3.05, 3.63) is 0 Å². The number of hydrogen-bond acceptors (Lipinski definition) is 1. The van der Waals surface area contributed by atoms with E-state index in [-0.39, 0.29) is 5.91 Å². The van der Waals surface area contributed by atoms with Gasteiger partial charge in [-0.1, -0.05) is 34.6 Å². The number of nitrogens with zero attached hydrogens (tertiary/aromatic N) is 1. The molecule has 0 aromatic carbocycles. The second-order valence-electron chi connectivity index (χ2n) is 6.36. The zero-order chi connectivity index (χ0) is 12.6. The molecule has 0 spiro atoms. The topological polar surface area (TPSA) is 20.3 Å². The van der Waals surface area contributed by atoms with E-state index < -0.39 is 0 Å². The molecule has 0 aromatic rings. The molecule has 1 saturated carbocycles. The number of fused-ring (bicyclic) bond motifs is 2. The van der Waals surface area contributed by atoms with E-state index in [0.717, 1.165) is 6.54 Å². The van der Waals surface area contributed by atoms with Crippen LogP contribution in [0.5, 0.6) is 0 Å². The van der Waals surface area contributed by atoms with Crippen molar-refractivity contribution >= 4 is 5.91 Å². The summed E-state index contributed by atoms with van der Waals surface area (Å²) >= 11 is 0. The van der Waals surface area contributed by atoms with E-state index in [1.54, 1.807) is 6.92 Å². The van der Waals surface area contributed by atoms with Crippen molar-refractivity contribution in [2.45, 2.75) is 66.8 Å². The zero-order valence-corrected chi connectivity index (χ0v) is 11.8. The predicted molar refractivity (Wildman–Crippen MR) is 68.3 cm³/mol. The van der Waals surface area contributed by atoms with Crippen LogP contribution in [0, 0.1) is 10.8 Å². The van der Waals surface area contributed by atoms with Crippen LogP contribution in [0.3, 0.4) is 0 Å². The number of carbonyl (C=O) groups excluding carboxylic acids is 1. The van der Waals surface area contributed by atoms with Crippen molar-refractivity contribution in [1.29, 1.82) is 0 Å². The van der Waals surface area contributed by atoms with Crippen LogP contribution < -0.4 is 0 Å². The summed E-state index contributed by atoms with van der Waals surface area (Å²) in [7, 11) is 0. The molecule has 0 unspecified atom stereocenters. The maximum absolute atomic E-state index is 11.5. The van der Waals surface area contributed by atoms with Crippen LogP contribution in [0.1, 0.15) is 60.8 Å². The minimum absolute atomic E-state index is 0.261. The van der Waals surface area contributed by atoms with Crippen LogP contribution >= 0.6 is 0 Å². The van der Waals surface area contributed by atoms with Crippen LogP contribution in [0.15, 0.2) is 0 Å². The second-order valence-corrected chi connectivity index (χ2v) is 6.36. The van der Waals surface area contributed by atoms with E-state index in [9.17, 15) is 4.79 Å². The molecule has 94 valence electrons. The van der Waals surface area contributed by atoms with Gasteiger partial charge in [-0.3, -0.25) is 4.79 Å². The van der Waals surface area contributed by atoms with Crippen LogP contribution in [0.4, 0.5) is 0 Å². The molecule has 16 heavy (non-hydrogen) atoms. The normalized spacial score (nSPS) is 35.4. The quantitative estimate of drug-likeness (QED) is 0.618. The first-order valence-corrected chi connectivity index (χ1v) is 6.59. The van der Waals surface area contributed by atoms with Gasteiger partial charge in [-0.2, -0.15) is 0 Å². The van der Waals surface area contributed by atoms with Gasteiger partial charge in [0, 0.05) is 19.5 Å². The number of amides is 1. The fourth-order valence-electron chi connectivity index (χ4n) is 3.83. The summed E-state index contributed by atoms with van der Waals surface area (Å²) < 4.78 is 0. The molecule has 2 atom stereocenters. The van der Waals surface area contributed by atoms with Crippen LogP contribution in [0.2, 0.25) is 0 Å². The minimum Gasteiger partial charge on any atom is -0.339 e. The van der Waals surface area contributed by atoms with Gasteiger partial charge in [0.25, 0.3) is 0 Å². The van der Waals surface area contributed by atoms with Crippen LogP contribution in [-0.4, -0.2) is 23.4 Å². The molecule has 2 fully saturated rings. The Labute approximate surface area is 100 Å². The van der Waals surface area contributed by atoms with Crippen molar-refractivity contribution in [3.8, 4) is 0 Å². The Morgan fingerprint density at radius 3 is 2.25 bits per heavy atom. The van der Waals surface area contributed by atoms with Crippen LogP contribution in [-0.2, 0) is 4.79 Å². The summed E-state index contributed by atoms with van der Waals surface area (Å²) in [5.41, 5.74) is 0.806. The zero-order valence-electron chi connectivity index (χ0n) is 11.8. The highest BCUT2D eigenvalue weighted by atomic mass is 16.2. The van der Waals surface area contributed by atoms with Gasteiger partial charge in [0.15, 0.2) is 0 Å². The molecule has 0 N–H and O–H groups in total. The van der Waals surface area contributed by atoms with Gasteiger partial charge in [-0.15, -0.1) is 0 Å². The third-order valence-electron chi connectivity index (χ3n) is 3.82. The number of rotatable bonds is 0. The first kappa shape index (κ1) is 13.5. The fourth-order valence-corrected chi connectivity index (χ4v) is 3.83. The third kappa shape index (κ3) is 2.58. The molecule has 1 aliphatic carbocycles. The van der Waals surface area contributed by atoms with Crippen molar-refractivity contribution in [2.24, 2.45) is 10.8 Å². The predicted octanol–water partition coefficient (Wildman–Crippen LogP) is 3.46. The largest absolute Gasteiger partial charge is 0.339 e. The average Bonchev–Trinajstić information content (AvgIpc) is 2.38. The lowest BCUT2D eigenvalue weighted by atomic mass is 9.65.